The fourth-order valence-corrected chi connectivity index (χ4v) is 3.52. The molecule has 0 bridgehead atoms. The van der Waals surface area contributed by atoms with Crippen LogP contribution in [0, 0.1) is 10.1 Å². The summed E-state index contributed by atoms with van der Waals surface area (Å²) in [5.41, 5.74) is 1.54. The van der Waals surface area contributed by atoms with E-state index >= 15 is 0 Å². The topological polar surface area (TPSA) is 81.9 Å². The number of non-ortho nitro benzene ring substituents is 1. The van der Waals surface area contributed by atoms with Gasteiger partial charge in [0.25, 0.3) is 5.69 Å². The number of hydrogen-bond donors (Lipinski definition) is 0. The van der Waals surface area contributed by atoms with Crippen molar-refractivity contribution in [3.05, 3.63) is 70.3 Å². The molecule has 8 heteroatoms. The molecule has 0 amide bonds. The highest BCUT2D eigenvalue weighted by atomic mass is 28.4. The average molecular weight is 403 g/mol. The number of hydroxylamine groups is 1. The average Bonchev–Trinajstić information content (AvgIpc) is 2.65. The van der Waals surface area contributed by atoms with Gasteiger partial charge in [0, 0.05) is 12.1 Å². The van der Waals surface area contributed by atoms with Crippen LogP contribution in [0.4, 0.5) is 11.4 Å². The molecule has 0 saturated carbocycles. The van der Waals surface area contributed by atoms with Gasteiger partial charge in [-0.2, -0.15) is 0 Å². The number of ether oxygens (including phenoxy) is 1. The summed E-state index contributed by atoms with van der Waals surface area (Å²) in [4.78, 5) is 22.8. The molecule has 0 fully saturated rings. The maximum atomic E-state index is 12.3. The minimum atomic E-state index is -2.03. The Labute approximate surface area is 166 Å². The Kier molecular flexibility index (Phi) is 7.30. The molecule has 1 atom stereocenters. The van der Waals surface area contributed by atoms with E-state index in [-0.39, 0.29) is 24.7 Å². The largest absolute Gasteiger partial charge is 0.466 e. The molecule has 0 heterocycles. The second-order valence-corrected chi connectivity index (χ2v) is 11.6. The van der Waals surface area contributed by atoms with Crippen LogP contribution in [-0.4, -0.2) is 25.8 Å². The minimum absolute atomic E-state index is 0.00369. The number of anilines is 1. The van der Waals surface area contributed by atoms with Gasteiger partial charge in [-0.05, 0) is 44.3 Å². The smallest absolute Gasteiger partial charge is 0.308 e. The summed E-state index contributed by atoms with van der Waals surface area (Å²) in [6.07, 6.45) is 0.0605. The number of para-hydroxylation sites is 1. The van der Waals surface area contributed by atoms with Crippen LogP contribution in [0.25, 0.3) is 0 Å². The fourth-order valence-electron chi connectivity index (χ4n) is 2.70. The standard InChI is InChI=1S/C20H26N2O5Si/c1-5-26-20(23)15-19(16-11-13-18(14-12-16)22(24)25)21(27-28(2,3)4)17-9-7-6-8-10-17/h6-14,19H,5,15H2,1-4H3. The van der Waals surface area contributed by atoms with E-state index in [1.807, 2.05) is 30.3 Å². The first-order chi connectivity index (χ1) is 13.2. The van der Waals surface area contributed by atoms with Crippen LogP contribution in [0.15, 0.2) is 54.6 Å². The highest BCUT2D eigenvalue weighted by molar-refractivity contribution is 6.69. The molecule has 0 saturated heterocycles. The van der Waals surface area contributed by atoms with Crippen LogP contribution >= 0.6 is 0 Å². The van der Waals surface area contributed by atoms with E-state index in [1.165, 1.54) is 12.1 Å². The number of nitro groups is 1. The number of esters is 1. The van der Waals surface area contributed by atoms with Gasteiger partial charge in [0.05, 0.1) is 29.7 Å². The summed E-state index contributed by atoms with van der Waals surface area (Å²) in [7, 11) is -2.03. The second kappa shape index (κ2) is 9.47. The molecule has 0 aliphatic carbocycles. The number of carbonyl (C=O) groups is 1. The predicted molar refractivity (Wildman–Crippen MR) is 110 cm³/mol. The Bertz CT molecular complexity index is 790. The van der Waals surface area contributed by atoms with Gasteiger partial charge < -0.3 is 9.26 Å². The van der Waals surface area contributed by atoms with E-state index in [4.69, 9.17) is 9.26 Å². The van der Waals surface area contributed by atoms with Crippen molar-refractivity contribution in [1.82, 2.24) is 0 Å². The Morgan fingerprint density at radius 3 is 2.21 bits per heavy atom. The Balaban J connectivity index is 2.48. The third-order valence-corrected chi connectivity index (χ3v) is 4.56. The molecule has 7 nitrogen and oxygen atoms in total. The molecule has 0 aliphatic rings. The van der Waals surface area contributed by atoms with Gasteiger partial charge in [-0.15, -0.1) is 0 Å². The first-order valence-electron chi connectivity index (χ1n) is 9.14. The van der Waals surface area contributed by atoms with Crippen molar-refractivity contribution in [3.63, 3.8) is 0 Å². The van der Waals surface area contributed by atoms with Crippen LogP contribution in [0.2, 0.25) is 19.6 Å². The zero-order valence-corrected chi connectivity index (χ0v) is 17.6. The molecule has 0 radical (unpaired) electrons. The highest BCUT2D eigenvalue weighted by Gasteiger charge is 2.30. The van der Waals surface area contributed by atoms with Gasteiger partial charge >= 0.3 is 5.97 Å². The first-order valence-corrected chi connectivity index (χ1v) is 12.6. The number of benzene rings is 2. The monoisotopic (exact) mass is 402 g/mol. The van der Waals surface area contributed by atoms with Crippen molar-refractivity contribution < 1.29 is 19.0 Å². The SMILES string of the molecule is CCOC(=O)CC(c1ccc([N+](=O)[O-])cc1)N(O[Si](C)(C)C)c1ccccc1. The van der Waals surface area contributed by atoms with Gasteiger partial charge in [-0.25, -0.2) is 0 Å². The molecular formula is C20H26N2O5Si. The van der Waals surface area contributed by atoms with Gasteiger partial charge in [-0.1, -0.05) is 30.3 Å². The molecule has 150 valence electrons. The summed E-state index contributed by atoms with van der Waals surface area (Å²) in [6.45, 7) is 8.21. The molecule has 2 aromatic rings. The third kappa shape index (κ3) is 6.17. The van der Waals surface area contributed by atoms with E-state index < -0.39 is 19.3 Å². The Hall–Kier alpha value is -2.71. The molecule has 1 unspecified atom stereocenters. The van der Waals surface area contributed by atoms with Crippen molar-refractivity contribution >= 4 is 25.7 Å². The van der Waals surface area contributed by atoms with Gasteiger partial charge in [0.15, 0.2) is 0 Å². The molecule has 2 aromatic carbocycles. The Morgan fingerprint density at radius 1 is 1.11 bits per heavy atom. The number of nitrogens with zero attached hydrogens (tertiary/aromatic N) is 2. The maximum Gasteiger partial charge on any atom is 0.308 e. The zero-order chi connectivity index (χ0) is 20.7. The van der Waals surface area contributed by atoms with E-state index in [9.17, 15) is 14.9 Å². The lowest BCUT2D eigenvalue weighted by Gasteiger charge is -2.37. The molecular weight excluding hydrogens is 376 g/mol. The number of hydrogen-bond acceptors (Lipinski definition) is 6. The van der Waals surface area contributed by atoms with Crippen LogP contribution < -0.4 is 5.06 Å². The summed E-state index contributed by atoms with van der Waals surface area (Å²) < 4.78 is 11.5. The highest BCUT2D eigenvalue weighted by Crippen LogP contribution is 2.33. The van der Waals surface area contributed by atoms with Crippen molar-refractivity contribution in [2.75, 3.05) is 11.7 Å². The van der Waals surface area contributed by atoms with E-state index in [1.54, 1.807) is 24.1 Å². The zero-order valence-electron chi connectivity index (χ0n) is 16.6. The van der Waals surface area contributed by atoms with E-state index in [0.29, 0.717) is 0 Å². The van der Waals surface area contributed by atoms with Gasteiger partial charge in [0.1, 0.15) is 0 Å². The second-order valence-electron chi connectivity index (χ2n) is 7.24. The Morgan fingerprint density at radius 2 is 1.71 bits per heavy atom. The van der Waals surface area contributed by atoms with Crippen molar-refractivity contribution in [2.24, 2.45) is 0 Å². The summed E-state index contributed by atoms with van der Waals surface area (Å²) in [5.74, 6) is -0.356. The lowest BCUT2D eigenvalue weighted by Crippen LogP contribution is -2.40. The summed E-state index contributed by atoms with van der Waals surface area (Å²) in [6, 6.07) is 15.2. The first kappa shape index (κ1) is 21.6. The van der Waals surface area contributed by atoms with Gasteiger partial charge in [0.2, 0.25) is 8.32 Å². The fraction of sp³-hybridized carbons (Fsp3) is 0.350. The normalized spacial score (nSPS) is 12.3. The van der Waals surface area contributed by atoms with Crippen molar-refractivity contribution in [3.8, 4) is 0 Å². The molecule has 0 N–H and O–H groups in total. The third-order valence-electron chi connectivity index (χ3n) is 3.82. The molecule has 0 spiro atoms. The number of carbonyl (C=O) groups excluding carboxylic acids is 1. The quantitative estimate of drug-likeness (QED) is 0.258. The number of rotatable bonds is 9. The summed E-state index contributed by atoms with van der Waals surface area (Å²) >= 11 is 0. The lowest BCUT2D eigenvalue weighted by atomic mass is 10.0. The minimum Gasteiger partial charge on any atom is -0.466 e. The van der Waals surface area contributed by atoms with Crippen molar-refractivity contribution in [2.45, 2.75) is 39.0 Å². The van der Waals surface area contributed by atoms with E-state index in [2.05, 4.69) is 19.6 Å². The summed E-state index contributed by atoms with van der Waals surface area (Å²) in [5, 5.41) is 12.7. The molecule has 0 aromatic heterocycles. The lowest BCUT2D eigenvalue weighted by molar-refractivity contribution is -0.384. The van der Waals surface area contributed by atoms with Crippen LogP contribution in [-0.2, 0) is 14.1 Å². The van der Waals surface area contributed by atoms with E-state index in [0.717, 1.165) is 11.3 Å². The molecule has 2 rings (SSSR count). The van der Waals surface area contributed by atoms with Crippen LogP contribution in [0.5, 0.6) is 0 Å². The maximum absolute atomic E-state index is 12.3. The number of nitro benzene ring substituents is 1. The molecule has 0 aliphatic heterocycles. The van der Waals surface area contributed by atoms with Crippen LogP contribution in [0.1, 0.15) is 24.9 Å². The van der Waals surface area contributed by atoms with Crippen LogP contribution in [0.3, 0.4) is 0 Å². The predicted octanol–water partition coefficient (Wildman–Crippen LogP) is 4.86. The van der Waals surface area contributed by atoms with Crippen molar-refractivity contribution in [1.29, 1.82) is 0 Å². The van der Waals surface area contributed by atoms with Gasteiger partial charge in [-0.3, -0.25) is 20.0 Å². The molecule has 28 heavy (non-hydrogen) atoms.